The fourth-order valence-corrected chi connectivity index (χ4v) is 32.8. The van der Waals surface area contributed by atoms with E-state index in [1.54, 1.807) is 0 Å². The topological polar surface area (TPSA) is 0 Å². The largest absolute Gasteiger partial charge is 0.129 e. The van der Waals surface area contributed by atoms with E-state index in [2.05, 4.69) is 377 Å². The van der Waals surface area contributed by atoms with Crippen LogP contribution in [-0.2, 0) is 11.8 Å². The van der Waals surface area contributed by atoms with Crippen molar-refractivity contribution in [2.75, 3.05) is 49.3 Å². The quantitative estimate of drug-likeness (QED) is 0.105. The molecule has 0 fully saturated rings. The molecule has 3 aliphatic rings. The van der Waals surface area contributed by atoms with Crippen LogP contribution in [-0.4, -0.2) is 49.3 Å². The minimum absolute atomic E-state index is 0.255. The van der Waals surface area contributed by atoms with Crippen LogP contribution < -0.4 is 42.4 Å². The normalized spacial score (nSPS) is 16.2. The lowest BCUT2D eigenvalue weighted by atomic mass is 9.81. The van der Waals surface area contributed by atoms with Crippen molar-refractivity contribution in [1.29, 1.82) is 0 Å². The maximum absolute atomic E-state index is 3.96. The molecule has 12 aromatic carbocycles. The van der Waals surface area contributed by atoms with Gasteiger partial charge >= 0.3 is 0 Å². The molecule has 1 heterocycles. The Morgan fingerprint density at radius 2 is 0.469 bits per heavy atom. The van der Waals surface area contributed by atoms with Crippen molar-refractivity contribution in [3.8, 4) is 69.6 Å². The standard InChI is InChI=1S/C94H80P4/c1-94(2)92-71-76-35-31-64-96(82-41-15-5-16-42-82,83-43-17-6-18-44-83)62-28-27-61-95(80-37-11-3-12-38-80,81-39-13-4-14-40-81)63-29-33-74-53-57-88-78(69-74)73-79-70-75(54-58-89(79)88)34-30-65-97(84-45-19-7-20-46-84,85-47-21-8-22-48-85)67-68-98(86-49-23-9-24-50-86,87-51-25-10-26-52-87)66-32-36-77-56-60-91(93(94)72-77)90(92)59-55-76/h3-26,37-60,69-72H,27-28,61-68,73H2,1-2H3/q+4. The lowest BCUT2D eigenvalue weighted by Gasteiger charge is -2.30. The maximum Gasteiger partial charge on any atom is 0.129 e. The summed E-state index contributed by atoms with van der Waals surface area (Å²) in [6.07, 6.45) is 10.3. The Bertz CT molecular complexity index is 4940. The Morgan fingerprint density at radius 1 is 0.245 bits per heavy atom. The number of benzene rings is 12. The van der Waals surface area contributed by atoms with E-state index in [1.807, 2.05) is 0 Å². The lowest BCUT2D eigenvalue weighted by Crippen LogP contribution is -2.33. The van der Waals surface area contributed by atoms with Crippen LogP contribution in [0, 0.1) is 47.4 Å². The van der Waals surface area contributed by atoms with Gasteiger partial charge in [0.2, 0.25) is 0 Å². The molecular weight excluding hydrogens is 1250 g/mol. The van der Waals surface area contributed by atoms with E-state index in [0.29, 0.717) is 0 Å². The number of hydrogen-bond acceptors (Lipinski definition) is 0. The van der Waals surface area contributed by atoms with E-state index < -0.39 is 29.0 Å². The molecule has 0 aromatic heterocycles. The van der Waals surface area contributed by atoms with Crippen LogP contribution >= 0.6 is 29.0 Å². The summed E-state index contributed by atoms with van der Waals surface area (Å²) in [6.45, 7) is 4.78. The molecule has 2 aliphatic carbocycles. The van der Waals surface area contributed by atoms with Crippen molar-refractivity contribution in [3.05, 3.63) is 360 Å². The highest BCUT2D eigenvalue weighted by Crippen LogP contribution is 2.64. The van der Waals surface area contributed by atoms with Crippen molar-refractivity contribution < 1.29 is 0 Å². The zero-order valence-electron chi connectivity index (χ0n) is 56.1. The van der Waals surface area contributed by atoms with E-state index in [1.165, 1.54) is 86.9 Å². The molecule has 472 valence electrons. The SMILES string of the molecule is CC1(C)c2cc3ccc2-c2ccc(cc21)C#CC[P+](c1ccccc1)(c1ccccc1)CC[P+](c1ccccc1)(c1ccccc1)CC#Cc1ccc2c(c1)Cc1cc(ccc1-2)C#CC[P+](c1ccccc1)(c1ccccc1)CCCC[P+](c1ccccc1)(c1ccccc1)CC#C3. The van der Waals surface area contributed by atoms with Gasteiger partial charge in [-0.2, -0.15) is 0 Å². The summed E-state index contributed by atoms with van der Waals surface area (Å²) >= 11 is 0. The third kappa shape index (κ3) is 12.8. The molecule has 0 unspecified atom stereocenters. The first-order valence-corrected chi connectivity index (χ1v) is 43.3. The van der Waals surface area contributed by atoms with Gasteiger partial charge in [-0.05, 0) is 209 Å². The summed E-state index contributed by atoms with van der Waals surface area (Å²) in [5.74, 6) is 31.0. The molecule has 98 heavy (non-hydrogen) atoms. The van der Waals surface area contributed by atoms with Crippen molar-refractivity contribution in [2.45, 2.75) is 38.5 Å². The molecule has 0 spiro atoms. The molecular formula is C94H80P4+4. The smallest absolute Gasteiger partial charge is 0.0632 e. The van der Waals surface area contributed by atoms with Crippen molar-refractivity contribution in [2.24, 2.45) is 0 Å². The monoisotopic (exact) mass is 1330 g/mol. The van der Waals surface area contributed by atoms with Gasteiger partial charge in [0, 0.05) is 27.7 Å². The fraction of sp³-hybridized carbons (Fsp3) is 0.149. The highest BCUT2D eigenvalue weighted by molar-refractivity contribution is 7.93. The predicted molar refractivity (Wildman–Crippen MR) is 431 cm³/mol. The molecule has 4 heteroatoms. The number of fused-ring (bicyclic) bond motifs is 6. The van der Waals surface area contributed by atoms with Crippen LogP contribution in [0.4, 0.5) is 0 Å². The summed E-state index contributed by atoms with van der Waals surface area (Å²) in [6, 6.07) is 119. The summed E-state index contributed by atoms with van der Waals surface area (Å²) in [5, 5.41) is 11.3. The Kier molecular flexibility index (Phi) is 18.8. The third-order valence-corrected chi connectivity index (χ3v) is 38.7. The van der Waals surface area contributed by atoms with Crippen LogP contribution in [0.5, 0.6) is 0 Å². The molecule has 0 amide bonds. The van der Waals surface area contributed by atoms with E-state index in [9.17, 15) is 0 Å². The second-order valence-corrected chi connectivity index (χ2v) is 42.0. The molecule has 12 aromatic rings. The van der Waals surface area contributed by atoms with E-state index in [4.69, 9.17) is 0 Å². The molecule has 0 nitrogen and oxygen atoms in total. The van der Waals surface area contributed by atoms with Gasteiger partial charge in [-0.3, -0.25) is 0 Å². The molecule has 0 saturated heterocycles. The van der Waals surface area contributed by atoms with Gasteiger partial charge < -0.3 is 0 Å². The van der Waals surface area contributed by atoms with Gasteiger partial charge in [0.1, 0.15) is 79.4 Å². The summed E-state index contributed by atoms with van der Waals surface area (Å²) in [5.41, 5.74) is 14.5. The van der Waals surface area contributed by atoms with Gasteiger partial charge in [-0.1, -0.05) is 231 Å². The number of hydrogen-bond donors (Lipinski definition) is 0. The second-order valence-electron chi connectivity index (χ2n) is 27.1. The van der Waals surface area contributed by atoms with Gasteiger partial charge in [-0.25, -0.2) is 0 Å². The fourth-order valence-electron chi connectivity index (χ4n) is 15.9. The first-order chi connectivity index (χ1) is 48.2. The molecule has 0 saturated carbocycles. The van der Waals surface area contributed by atoms with Gasteiger partial charge in [0.15, 0.2) is 0 Å². The molecule has 8 bridgehead atoms. The third-order valence-electron chi connectivity index (χ3n) is 21.1. The summed E-state index contributed by atoms with van der Waals surface area (Å²) in [4.78, 5) is 0. The van der Waals surface area contributed by atoms with Crippen molar-refractivity contribution in [3.63, 3.8) is 0 Å². The Labute approximate surface area is 584 Å². The van der Waals surface area contributed by atoms with Crippen LogP contribution in [0.25, 0.3) is 22.3 Å². The minimum atomic E-state index is -2.21. The van der Waals surface area contributed by atoms with E-state index >= 15 is 0 Å². The minimum Gasteiger partial charge on any atom is -0.0632 e. The second kappa shape index (κ2) is 28.6. The Hall–Kier alpha value is -9.40. The highest BCUT2D eigenvalue weighted by Gasteiger charge is 2.51. The van der Waals surface area contributed by atoms with Crippen LogP contribution in [0.2, 0.25) is 0 Å². The maximum atomic E-state index is 3.96. The van der Waals surface area contributed by atoms with Crippen molar-refractivity contribution in [1.82, 2.24) is 0 Å². The zero-order valence-corrected chi connectivity index (χ0v) is 59.7. The summed E-state index contributed by atoms with van der Waals surface area (Å²) in [7, 11) is -8.49. The zero-order chi connectivity index (χ0) is 66.3. The van der Waals surface area contributed by atoms with Gasteiger partial charge in [-0.15, -0.1) is 0 Å². The van der Waals surface area contributed by atoms with Gasteiger partial charge in [0.05, 0.1) is 41.4 Å². The highest BCUT2D eigenvalue weighted by atomic mass is 31.2. The molecule has 0 radical (unpaired) electrons. The van der Waals surface area contributed by atoms with E-state index in [-0.39, 0.29) is 5.41 Å². The Morgan fingerprint density at radius 3 is 0.724 bits per heavy atom. The predicted octanol–water partition coefficient (Wildman–Crippen LogP) is 18.1. The summed E-state index contributed by atoms with van der Waals surface area (Å²) < 4.78 is 0. The first-order valence-electron chi connectivity index (χ1n) is 34.7. The van der Waals surface area contributed by atoms with Crippen LogP contribution in [0.15, 0.2) is 315 Å². The molecule has 0 N–H and O–H groups in total. The van der Waals surface area contributed by atoms with Crippen molar-refractivity contribution >= 4 is 71.5 Å². The first kappa shape index (κ1) is 64.6. The lowest BCUT2D eigenvalue weighted by molar-refractivity contribution is 0.660. The van der Waals surface area contributed by atoms with Crippen LogP contribution in [0.3, 0.4) is 0 Å². The van der Waals surface area contributed by atoms with Gasteiger partial charge in [0.25, 0.3) is 0 Å². The average Bonchev–Trinajstić information content (AvgIpc) is 1.56. The molecule has 15 rings (SSSR count). The number of rotatable bonds is 8. The Balaban J connectivity index is 0.853. The molecule has 0 atom stereocenters. The van der Waals surface area contributed by atoms with E-state index in [0.717, 1.165) is 90.8 Å². The molecule has 1 aliphatic heterocycles. The van der Waals surface area contributed by atoms with Crippen LogP contribution in [0.1, 0.15) is 71.2 Å². The average molecular weight is 1330 g/mol.